The Morgan fingerprint density at radius 3 is 1.82 bits per heavy atom. The van der Waals surface area contributed by atoms with Gasteiger partial charge in [-0.3, -0.25) is 4.67 Å². The Morgan fingerprint density at radius 1 is 1.36 bits per heavy atom. The van der Waals surface area contributed by atoms with Crippen LogP contribution in [0.2, 0.25) is 0 Å². The summed E-state index contributed by atoms with van der Waals surface area (Å²) < 4.78 is 37.1. The van der Waals surface area contributed by atoms with Gasteiger partial charge in [0.05, 0.1) is 0 Å². The molecule has 0 aromatic heterocycles. The average Bonchev–Trinajstić information content (AvgIpc) is 1.56. The van der Waals surface area contributed by atoms with Crippen molar-refractivity contribution < 1.29 is 13.0 Å². The maximum atomic E-state index is 11.8. The van der Waals surface area contributed by atoms with Crippen LogP contribution >= 0.6 is 36.3 Å². The van der Waals surface area contributed by atoms with Crippen molar-refractivity contribution in [1.29, 1.82) is 0 Å². The highest BCUT2D eigenvalue weighted by Gasteiger charge is 2.26. The lowest BCUT2D eigenvalue weighted by atomic mass is 11.3. The van der Waals surface area contributed by atoms with Crippen molar-refractivity contribution in [2.45, 2.75) is 0 Å². The molecule has 0 aliphatic heterocycles. The SMILES string of the molecule is CN(C)P(Cl)(Cl)=NP(=O)(F)F. The fourth-order valence-electron chi connectivity index (χ4n) is 0.205. The summed E-state index contributed by atoms with van der Waals surface area (Å²) in [6, 6.07) is 0. The molecule has 0 heterocycles. The van der Waals surface area contributed by atoms with E-state index in [1.165, 1.54) is 14.1 Å². The Labute approximate surface area is 73.0 Å². The highest BCUT2D eigenvalue weighted by Crippen LogP contribution is 2.70. The molecule has 0 amide bonds. The van der Waals surface area contributed by atoms with Crippen LogP contribution in [0.4, 0.5) is 8.39 Å². The first kappa shape index (κ1) is 11.9. The fraction of sp³-hybridized carbons (Fsp3) is 1.00. The van der Waals surface area contributed by atoms with Crippen LogP contribution in [0, 0.1) is 0 Å². The van der Waals surface area contributed by atoms with Crippen LogP contribution < -0.4 is 0 Å². The van der Waals surface area contributed by atoms with Gasteiger partial charge in [0, 0.05) is 0 Å². The average molecular weight is 245 g/mol. The molecule has 0 aliphatic carbocycles. The van der Waals surface area contributed by atoms with Crippen LogP contribution in [-0.2, 0) is 4.57 Å². The molecule has 3 nitrogen and oxygen atoms in total. The van der Waals surface area contributed by atoms with Gasteiger partial charge in [0.1, 0.15) is 0 Å². The smallest absolute Gasteiger partial charge is 0.252 e. The second kappa shape index (κ2) is 3.71. The lowest BCUT2D eigenvalue weighted by molar-refractivity contribution is 0.497. The number of halogens is 4. The third-order valence-electron chi connectivity index (χ3n) is 0.693. The lowest BCUT2D eigenvalue weighted by Gasteiger charge is -2.15. The molecule has 0 atom stereocenters. The van der Waals surface area contributed by atoms with Crippen molar-refractivity contribution >= 4 is 36.3 Å². The van der Waals surface area contributed by atoms with Crippen LogP contribution in [0.15, 0.2) is 4.52 Å². The quantitative estimate of drug-likeness (QED) is 0.688. The van der Waals surface area contributed by atoms with E-state index in [1.54, 1.807) is 0 Å². The van der Waals surface area contributed by atoms with Gasteiger partial charge in [0.25, 0.3) is 0 Å². The van der Waals surface area contributed by atoms with Gasteiger partial charge in [0.15, 0.2) is 0 Å². The normalized spacial score (nSPS) is 13.7. The minimum atomic E-state index is -5.47. The summed E-state index contributed by atoms with van der Waals surface area (Å²) in [5.74, 6) is -3.25. The molecular weight excluding hydrogens is 239 g/mol. The molecule has 0 N–H and O–H groups in total. The molecule has 11 heavy (non-hydrogen) atoms. The minimum Gasteiger partial charge on any atom is -0.252 e. The zero-order valence-corrected chi connectivity index (χ0v) is 9.01. The number of rotatable bonds is 2. The molecule has 68 valence electrons. The molecule has 0 saturated heterocycles. The van der Waals surface area contributed by atoms with E-state index >= 15 is 0 Å². The predicted molar refractivity (Wildman–Crippen MR) is 44.6 cm³/mol. The van der Waals surface area contributed by atoms with Gasteiger partial charge < -0.3 is 0 Å². The Bertz CT molecular complexity index is 232. The third kappa shape index (κ3) is 5.15. The van der Waals surface area contributed by atoms with Crippen LogP contribution in [0.1, 0.15) is 0 Å². The van der Waals surface area contributed by atoms with Crippen molar-refractivity contribution in [1.82, 2.24) is 4.67 Å². The van der Waals surface area contributed by atoms with E-state index in [2.05, 4.69) is 4.52 Å². The van der Waals surface area contributed by atoms with Crippen molar-refractivity contribution in [2.24, 2.45) is 4.52 Å². The van der Waals surface area contributed by atoms with E-state index in [4.69, 9.17) is 22.5 Å². The lowest BCUT2D eigenvalue weighted by Crippen LogP contribution is -1.99. The number of hydrogen-bond donors (Lipinski definition) is 0. The molecule has 0 saturated carbocycles. The van der Waals surface area contributed by atoms with Gasteiger partial charge in [-0.05, 0) is 36.6 Å². The van der Waals surface area contributed by atoms with Gasteiger partial charge in [-0.25, -0.2) is 4.57 Å². The number of hydrogen-bond acceptors (Lipinski definition) is 1. The molecule has 0 rings (SSSR count). The topological polar surface area (TPSA) is 32.7 Å². The first-order valence-corrected chi connectivity index (χ1v) is 7.30. The van der Waals surface area contributed by atoms with Gasteiger partial charge in [-0.1, -0.05) is 0 Å². The van der Waals surface area contributed by atoms with Crippen molar-refractivity contribution in [2.75, 3.05) is 14.1 Å². The van der Waals surface area contributed by atoms with E-state index in [9.17, 15) is 13.0 Å². The number of nitrogens with zero attached hydrogens (tertiary/aromatic N) is 2. The molecule has 0 aliphatic rings. The highest BCUT2D eigenvalue weighted by atomic mass is 35.9. The molecular formula is C2H6Cl2F2N2OP2. The Hall–Kier alpha value is 0.860. The first-order valence-electron chi connectivity index (χ1n) is 2.35. The zero-order valence-electron chi connectivity index (χ0n) is 5.71. The summed E-state index contributed by atoms with van der Waals surface area (Å²) in [5.41, 5.74) is 0. The standard InChI is InChI=1S/C2H6Cl2F2N2OP2/c1-8(2)10(3,4)7-11(5,6)9/h1-2H3. The van der Waals surface area contributed by atoms with Gasteiger partial charge >= 0.3 is 7.91 Å². The molecule has 0 bridgehead atoms. The molecule has 0 unspecified atom stereocenters. The maximum Gasteiger partial charge on any atom is 0.531 e. The van der Waals surface area contributed by atoms with E-state index in [0.717, 1.165) is 4.67 Å². The zero-order chi connectivity index (χ0) is 9.28. The second-order valence-corrected chi connectivity index (χ2v) is 8.47. The van der Waals surface area contributed by atoms with Crippen molar-refractivity contribution in [3.05, 3.63) is 0 Å². The fourth-order valence-corrected chi connectivity index (χ4v) is 3.26. The largest absolute Gasteiger partial charge is 0.531 e. The Kier molecular flexibility index (Phi) is 4.00. The maximum absolute atomic E-state index is 11.8. The van der Waals surface area contributed by atoms with Gasteiger partial charge in [-0.15, -0.1) is 12.9 Å². The first-order chi connectivity index (χ1) is 4.65. The molecule has 9 heteroatoms. The summed E-state index contributed by atoms with van der Waals surface area (Å²) in [4.78, 5) is 0. The highest BCUT2D eigenvalue weighted by molar-refractivity contribution is 8.10. The van der Waals surface area contributed by atoms with E-state index in [1.807, 2.05) is 0 Å². The predicted octanol–water partition coefficient (Wildman–Crippen LogP) is 4.02. The van der Waals surface area contributed by atoms with Crippen molar-refractivity contribution in [3.8, 4) is 0 Å². The Balaban J connectivity index is 4.83. The summed E-state index contributed by atoms with van der Waals surface area (Å²) in [6.45, 7) is 0. The van der Waals surface area contributed by atoms with Crippen LogP contribution in [-0.4, -0.2) is 18.8 Å². The third-order valence-corrected chi connectivity index (χ3v) is 6.38. The van der Waals surface area contributed by atoms with Crippen molar-refractivity contribution in [3.63, 3.8) is 0 Å². The van der Waals surface area contributed by atoms with Gasteiger partial charge in [-0.2, -0.15) is 0 Å². The minimum absolute atomic E-state index is 1.11. The van der Waals surface area contributed by atoms with Gasteiger partial charge in [0.2, 0.25) is 5.91 Å². The summed E-state index contributed by atoms with van der Waals surface area (Å²) >= 11 is 10.7. The second-order valence-electron chi connectivity index (χ2n) is 1.83. The van der Waals surface area contributed by atoms with E-state index in [0.29, 0.717) is 0 Å². The monoisotopic (exact) mass is 244 g/mol. The van der Waals surface area contributed by atoms with Crippen LogP contribution in [0.5, 0.6) is 0 Å². The summed E-state index contributed by atoms with van der Waals surface area (Å²) in [7, 11) is -2.71. The molecule has 0 spiro atoms. The molecule has 0 fully saturated rings. The molecule has 0 aromatic carbocycles. The Morgan fingerprint density at radius 2 is 1.73 bits per heavy atom. The van der Waals surface area contributed by atoms with Crippen LogP contribution in [0.3, 0.4) is 0 Å². The summed E-state index contributed by atoms with van der Waals surface area (Å²) in [6.07, 6.45) is 0. The molecule has 0 aromatic rings. The van der Waals surface area contributed by atoms with E-state index < -0.39 is 13.8 Å². The summed E-state index contributed by atoms with van der Waals surface area (Å²) in [5, 5.41) is 0. The molecule has 0 radical (unpaired) electrons. The van der Waals surface area contributed by atoms with Crippen LogP contribution in [0.25, 0.3) is 0 Å². The van der Waals surface area contributed by atoms with E-state index in [-0.39, 0.29) is 0 Å².